The minimum atomic E-state index is -0.394. The summed E-state index contributed by atoms with van der Waals surface area (Å²) in [4.78, 5) is 12.2. The average molecular weight is 372 g/mol. The van der Waals surface area contributed by atoms with Crippen LogP contribution in [0.3, 0.4) is 0 Å². The van der Waals surface area contributed by atoms with Gasteiger partial charge < -0.3 is 14.6 Å². The van der Waals surface area contributed by atoms with Crippen molar-refractivity contribution in [3.05, 3.63) is 59.1 Å². The second-order valence-corrected chi connectivity index (χ2v) is 8.00. The van der Waals surface area contributed by atoms with Gasteiger partial charge in [0.1, 0.15) is 0 Å². The maximum absolute atomic E-state index is 12.2. The molecule has 1 fully saturated rings. The van der Waals surface area contributed by atoms with Crippen molar-refractivity contribution >= 4 is 35.8 Å². The van der Waals surface area contributed by atoms with Gasteiger partial charge in [0.25, 0.3) is 0 Å². The average Bonchev–Trinajstić information content (AvgIpc) is 2.76. The third kappa shape index (κ3) is 4.12. The summed E-state index contributed by atoms with van der Waals surface area (Å²) in [7, 11) is -0.394. The van der Waals surface area contributed by atoms with E-state index in [2.05, 4.69) is 5.32 Å². The van der Waals surface area contributed by atoms with Crippen LogP contribution in [-0.2, 0) is 20.5 Å². The molecule has 1 N–H and O–H groups in total. The Bertz CT molecular complexity index is 789. The van der Waals surface area contributed by atoms with Crippen LogP contribution in [0.2, 0.25) is 5.02 Å². The van der Waals surface area contributed by atoms with E-state index >= 15 is 0 Å². The van der Waals surface area contributed by atoms with Crippen LogP contribution in [-0.4, -0.2) is 24.2 Å². The number of benzene rings is 2. The third-order valence-electron chi connectivity index (χ3n) is 4.98. The maximum Gasteiger partial charge on any atom is 0.494 e. The topological polar surface area (TPSA) is 47.6 Å². The third-order valence-corrected chi connectivity index (χ3v) is 5.21. The Labute approximate surface area is 160 Å². The monoisotopic (exact) mass is 371 g/mol. The molecular formula is C20H23BClNO3. The highest BCUT2D eigenvalue weighted by Crippen LogP contribution is 2.36. The van der Waals surface area contributed by atoms with Crippen LogP contribution in [0.15, 0.2) is 48.5 Å². The summed E-state index contributed by atoms with van der Waals surface area (Å²) in [6, 6.07) is 14.9. The molecule has 0 saturated carbocycles. The van der Waals surface area contributed by atoms with Crippen molar-refractivity contribution in [2.75, 3.05) is 5.32 Å². The van der Waals surface area contributed by atoms with E-state index in [0.29, 0.717) is 10.7 Å². The van der Waals surface area contributed by atoms with Gasteiger partial charge in [-0.15, -0.1) is 0 Å². The van der Waals surface area contributed by atoms with E-state index in [-0.39, 0.29) is 23.5 Å². The van der Waals surface area contributed by atoms with Crippen molar-refractivity contribution < 1.29 is 14.1 Å². The molecule has 0 bridgehead atoms. The fourth-order valence-corrected chi connectivity index (χ4v) is 2.92. The molecule has 1 amide bonds. The van der Waals surface area contributed by atoms with Crippen molar-refractivity contribution in [1.29, 1.82) is 0 Å². The number of nitrogens with one attached hydrogen (secondary N) is 1. The van der Waals surface area contributed by atoms with Gasteiger partial charge in [0.2, 0.25) is 5.91 Å². The van der Waals surface area contributed by atoms with Crippen molar-refractivity contribution in [2.45, 2.75) is 45.3 Å². The SMILES string of the molecule is CC1(C)OB(c2ccc(CC(=O)Nc3cccc(Cl)c3)cc2)OC1(C)C. The summed E-state index contributed by atoms with van der Waals surface area (Å²) < 4.78 is 12.1. The van der Waals surface area contributed by atoms with E-state index < -0.39 is 7.12 Å². The lowest BCUT2D eigenvalue weighted by molar-refractivity contribution is -0.115. The van der Waals surface area contributed by atoms with Gasteiger partial charge in [-0.2, -0.15) is 0 Å². The molecule has 1 heterocycles. The van der Waals surface area contributed by atoms with Crippen LogP contribution in [0.1, 0.15) is 33.3 Å². The molecule has 4 nitrogen and oxygen atoms in total. The van der Waals surface area contributed by atoms with E-state index in [0.717, 1.165) is 11.0 Å². The Morgan fingerprint density at radius 3 is 2.23 bits per heavy atom. The zero-order chi connectivity index (χ0) is 18.9. The molecular weight excluding hydrogens is 348 g/mol. The summed E-state index contributed by atoms with van der Waals surface area (Å²) in [5.74, 6) is -0.0874. The molecule has 0 unspecified atom stereocenters. The second-order valence-electron chi connectivity index (χ2n) is 7.57. The van der Waals surface area contributed by atoms with Gasteiger partial charge in [-0.25, -0.2) is 0 Å². The quantitative estimate of drug-likeness (QED) is 0.831. The lowest BCUT2D eigenvalue weighted by atomic mass is 9.79. The van der Waals surface area contributed by atoms with Crippen LogP contribution in [0.5, 0.6) is 0 Å². The van der Waals surface area contributed by atoms with Crippen LogP contribution in [0.4, 0.5) is 5.69 Å². The Morgan fingerprint density at radius 2 is 1.65 bits per heavy atom. The fraction of sp³-hybridized carbons (Fsp3) is 0.350. The molecule has 26 heavy (non-hydrogen) atoms. The number of amides is 1. The summed E-state index contributed by atoms with van der Waals surface area (Å²) in [5.41, 5.74) is 1.82. The van der Waals surface area contributed by atoms with Gasteiger partial charge in [0.05, 0.1) is 17.6 Å². The minimum Gasteiger partial charge on any atom is -0.399 e. The van der Waals surface area contributed by atoms with Gasteiger partial charge in [-0.05, 0) is 56.9 Å². The largest absolute Gasteiger partial charge is 0.494 e. The predicted octanol–water partition coefficient (Wildman–Crippen LogP) is 3.82. The summed E-state index contributed by atoms with van der Waals surface area (Å²) in [5, 5.41) is 3.44. The van der Waals surface area contributed by atoms with E-state index in [1.165, 1.54) is 0 Å². The molecule has 0 aromatic heterocycles. The predicted molar refractivity (Wildman–Crippen MR) is 106 cm³/mol. The Hall–Kier alpha value is -1.82. The van der Waals surface area contributed by atoms with Crippen LogP contribution >= 0.6 is 11.6 Å². The first kappa shape index (κ1) is 19.0. The molecule has 2 aromatic rings. The van der Waals surface area contributed by atoms with E-state index in [4.69, 9.17) is 20.9 Å². The number of hydrogen-bond acceptors (Lipinski definition) is 3. The number of anilines is 1. The number of rotatable bonds is 4. The first-order valence-electron chi connectivity index (χ1n) is 8.66. The molecule has 0 radical (unpaired) electrons. The van der Waals surface area contributed by atoms with Crippen molar-refractivity contribution in [3.63, 3.8) is 0 Å². The molecule has 0 spiro atoms. The Balaban J connectivity index is 1.62. The number of carbonyl (C=O) groups excluding carboxylic acids is 1. The Kier molecular flexibility index (Phi) is 5.15. The molecule has 0 atom stereocenters. The summed E-state index contributed by atoms with van der Waals surface area (Å²) >= 11 is 5.93. The number of carbonyl (C=O) groups is 1. The highest BCUT2D eigenvalue weighted by Gasteiger charge is 2.51. The van der Waals surface area contributed by atoms with E-state index in [1.54, 1.807) is 18.2 Å². The second kappa shape index (κ2) is 7.07. The minimum absolute atomic E-state index is 0.0874. The van der Waals surface area contributed by atoms with E-state index in [9.17, 15) is 4.79 Å². The Morgan fingerprint density at radius 1 is 1.04 bits per heavy atom. The van der Waals surface area contributed by atoms with Gasteiger partial charge in [-0.1, -0.05) is 41.9 Å². The van der Waals surface area contributed by atoms with Gasteiger partial charge in [0, 0.05) is 10.7 Å². The van der Waals surface area contributed by atoms with Gasteiger partial charge in [-0.3, -0.25) is 4.79 Å². The molecule has 6 heteroatoms. The first-order chi connectivity index (χ1) is 12.2. The van der Waals surface area contributed by atoms with E-state index in [1.807, 2.05) is 58.0 Å². The molecule has 1 aliphatic heterocycles. The first-order valence-corrected chi connectivity index (χ1v) is 9.04. The smallest absolute Gasteiger partial charge is 0.399 e. The molecule has 3 rings (SSSR count). The lowest BCUT2D eigenvalue weighted by Gasteiger charge is -2.32. The molecule has 2 aromatic carbocycles. The zero-order valence-electron chi connectivity index (χ0n) is 15.5. The highest BCUT2D eigenvalue weighted by molar-refractivity contribution is 6.62. The normalized spacial score (nSPS) is 18.0. The molecule has 0 aliphatic carbocycles. The molecule has 1 aliphatic rings. The number of halogens is 1. The fourth-order valence-electron chi connectivity index (χ4n) is 2.73. The van der Waals surface area contributed by atoms with Crippen molar-refractivity contribution in [2.24, 2.45) is 0 Å². The highest BCUT2D eigenvalue weighted by atomic mass is 35.5. The van der Waals surface area contributed by atoms with Crippen LogP contribution in [0.25, 0.3) is 0 Å². The van der Waals surface area contributed by atoms with Crippen LogP contribution in [0, 0.1) is 0 Å². The number of hydrogen-bond donors (Lipinski definition) is 1. The maximum atomic E-state index is 12.2. The zero-order valence-corrected chi connectivity index (χ0v) is 16.3. The van der Waals surface area contributed by atoms with Gasteiger partial charge in [0.15, 0.2) is 0 Å². The standard InChI is InChI=1S/C20H23BClNO3/c1-19(2)20(3,4)26-21(25-19)15-10-8-14(9-11-15)12-18(24)23-17-7-5-6-16(22)13-17/h5-11,13H,12H2,1-4H3,(H,23,24). The van der Waals surface area contributed by atoms with Gasteiger partial charge >= 0.3 is 7.12 Å². The summed E-state index contributed by atoms with van der Waals surface area (Å²) in [6.45, 7) is 8.12. The molecule has 1 saturated heterocycles. The van der Waals surface area contributed by atoms with Crippen molar-refractivity contribution in [3.8, 4) is 0 Å². The molecule has 136 valence electrons. The van der Waals surface area contributed by atoms with Crippen LogP contribution < -0.4 is 10.8 Å². The lowest BCUT2D eigenvalue weighted by Crippen LogP contribution is -2.41. The summed E-state index contributed by atoms with van der Waals surface area (Å²) in [6.07, 6.45) is 0.288. The van der Waals surface area contributed by atoms with Crippen molar-refractivity contribution in [1.82, 2.24) is 0 Å².